The van der Waals surface area contributed by atoms with Crippen molar-refractivity contribution in [1.29, 1.82) is 0 Å². The van der Waals surface area contributed by atoms with Crippen LogP contribution >= 0.6 is 0 Å². The van der Waals surface area contributed by atoms with Crippen molar-refractivity contribution >= 4 is 149 Å². The van der Waals surface area contributed by atoms with Crippen molar-refractivity contribution in [1.82, 2.24) is 0 Å². The third-order valence-electron chi connectivity index (χ3n) is 31.5. The smallest absolute Gasteiger partial charge is 0.252 e. The van der Waals surface area contributed by atoms with E-state index in [2.05, 4.69) is 516 Å². The predicted molar refractivity (Wildman–Crippen MR) is 587 cm³/mol. The third-order valence-corrected chi connectivity index (χ3v) is 31.5. The number of nitrogens with zero attached hydrogens (tertiary/aromatic N) is 6. The van der Waals surface area contributed by atoms with Gasteiger partial charge in [-0.1, -0.05) is 314 Å². The highest BCUT2D eigenvalue weighted by atomic mass is 15.2. The van der Waals surface area contributed by atoms with Gasteiger partial charge in [-0.3, -0.25) is 0 Å². The van der Waals surface area contributed by atoms with Gasteiger partial charge in [-0.15, -0.1) is 0 Å². The highest BCUT2D eigenvalue weighted by Gasteiger charge is 2.50. The highest BCUT2D eigenvalue weighted by molar-refractivity contribution is 7.01. The fraction of sp³-hybridized carbons (Fsp3) is 0.209. The minimum absolute atomic E-state index is 0.00672. The summed E-state index contributed by atoms with van der Waals surface area (Å²) in [5.41, 5.74) is 48.6. The Labute approximate surface area is 812 Å². The first-order chi connectivity index (χ1) is 66.0. The van der Waals surface area contributed by atoms with Crippen LogP contribution in [0.1, 0.15) is 171 Å². The molecule has 1 unspecified atom stereocenters. The van der Waals surface area contributed by atoms with Crippen LogP contribution in [0.15, 0.2) is 376 Å². The molecule has 4 heterocycles. The zero-order valence-corrected chi connectivity index (χ0v) is 82.2. The van der Waals surface area contributed by atoms with Crippen molar-refractivity contribution in [3.8, 4) is 33.4 Å². The molecule has 6 aliphatic rings. The second-order valence-electron chi connectivity index (χ2n) is 44.2. The summed E-state index contributed by atoms with van der Waals surface area (Å²) in [5, 5.41) is 0. The minimum Gasteiger partial charge on any atom is -0.311 e. The molecule has 4 aliphatic heterocycles. The maximum Gasteiger partial charge on any atom is 0.252 e. The lowest BCUT2D eigenvalue weighted by Gasteiger charge is -2.47. The Bertz CT molecular complexity index is 7560. The van der Waals surface area contributed by atoms with Crippen molar-refractivity contribution < 1.29 is 0 Å². The summed E-state index contributed by atoms with van der Waals surface area (Å²) in [6.45, 7) is 38.4. The molecular formula is C129H120B2N6. The van der Waals surface area contributed by atoms with Crippen molar-refractivity contribution in [3.63, 3.8) is 0 Å². The fourth-order valence-corrected chi connectivity index (χ4v) is 23.9. The molecule has 23 rings (SSSR count). The van der Waals surface area contributed by atoms with Crippen molar-refractivity contribution in [3.05, 3.63) is 432 Å². The predicted octanol–water partition coefficient (Wildman–Crippen LogP) is 31.2. The van der Waals surface area contributed by atoms with Gasteiger partial charge in [0.25, 0.3) is 13.4 Å². The monoisotopic (exact) mass is 1770 g/mol. The van der Waals surface area contributed by atoms with Crippen LogP contribution in [-0.2, 0) is 38.9 Å². The van der Waals surface area contributed by atoms with Crippen LogP contribution in [0.5, 0.6) is 0 Å². The molecule has 137 heavy (non-hydrogen) atoms. The van der Waals surface area contributed by atoms with E-state index in [0.29, 0.717) is 0 Å². The van der Waals surface area contributed by atoms with Crippen LogP contribution in [0.3, 0.4) is 0 Å². The average molecular weight is 1780 g/mol. The topological polar surface area (TPSA) is 19.4 Å². The molecule has 0 N–H and O–H groups in total. The van der Waals surface area contributed by atoms with Gasteiger partial charge >= 0.3 is 0 Å². The molecule has 0 aromatic heterocycles. The molecule has 0 spiro atoms. The summed E-state index contributed by atoms with van der Waals surface area (Å²) in [6.07, 6.45) is 5.14. The molecular weight excluding hydrogens is 1660 g/mol. The third kappa shape index (κ3) is 14.8. The van der Waals surface area contributed by atoms with Crippen LogP contribution in [0.25, 0.3) is 33.4 Å². The van der Waals surface area contributed by atoms with Crippen LogP contribution in [0, 0.1) is 20.8 Å². The number of benzene rings is 17. The van der Waals surface area contributed by atoms with Gasteiger partial charge in [0.15, 0.2) is 0 Å². The van der Waals surface area contributed by atoms with E-state index in [9.17, 15) is 0 Å². The molecule has 0 bridgehead atoms. The number of aryl methyl sites for hydroxylation is 3. The van der Waals surface area contributed by atoms with E-state index < -0.39 is 0 Å². The van der Waals surface area contributed by atoms with E-state index in [1.165, 1.54) is 179 Å². The van der Waals surface area contributed by atoms with Crippen molar-refractivity contribution in [2.75, 3.05) is 29.4 Å². The largest absolute Gasteiger partial charge is 0.311 e. The van der Waals surface area contributed by atoms with E-state index >= 15 is 0 Å². The van der Waals surface area contributed by atoms with Gasteiger partial charge < -0.3 is 29.4 Å². The molecule has 672 valence electrons. The summed E-state index contributed by atoms with van der Waals surface area (Å²) < 4.78 is 0. The lowest BCUT2D eigenvalue weighted by atomic mass is 9.33. The Hall–Kier alpha value is -14.3. The van der Waals surface area contributed by atoms with Gasteiger partial charge in [-0.25, -0.2) is 0 Å². The van der Waals surface area contributed by atoms with E-state index in [4.69, 9.17) is 0 Å². The average Bonchev–Trinajstić information content (AvgIpc) is 0.694. The Morgan fingerprint density at radius 3 is 1.17 bits per heavy atom. The van der Waals surface area contributed by atoms with Crippen LogP contribution in [0.2, 0.25) is 0 Å². The molecule has 0 saturated heterocycles. The van der Waals surface area contributed by atoms with Gasteiger partial charge in [0.05, 0.1) is 5.69 Å². The van der Waals surface area contributed by atoms with Crippen LogP contribution in [-0.4, -0.2) is 13.4 Å². The van der Waals surface area contributed by atoms with Crippen molar-refractivity contribution in [2.45, 2.75) is 175 Å². The molecule has 6 nitrogen and oxygen atoms in total. The van der Waals surface area contributed by atoms with E-state index in [1.54, 1.807) is 0 Å². The summed E-state index contributed by atoms with van der Waals surface area (Å²) in [7, 11) is 0. The maximum absolute atomic E-state index is 2.73. The number of para-hydroxylation sites is 3. The summed E-state index contributed by atoms with van der Waals surface area (Å²) in [4.78, 5) is 15.6. The first-order valence-corrected chi connectivity index (χ1v) is 49.6. The molecule has 0 saturated carbocycles. The van der Waals surface area contributed by atoms with Crippen LogP contribution < -0.4 is 62.2 Å². The quantitative estimate of drug-likeness (QED) is 0.0946. The normalized spacial score (nSPS) is 16.1. The standard InChI is InChI=1S/C129H120B2N6/c1-84-70-118-123-121(73-84)137(114-81-106-105(126(10,11)66-67-127(106,12)13)80-103(114)90-40-27-19-28-41-90)117-79-102(61-64-110(117)131(123)111-77-94(125(7,8)9)55-65-112(111)134(118)99-58-53-93(54-59-99)124(4,5)6)133(97-47-33-22-34-48-97)98-56-50-87(51-57-98)83-129(16)69-68-128(14,15)104-74-86(3)113(82-107(104)129)136-116-78-101(132(95-43-29-20-30-44-95)96-45-31-21-32-46-96)60-63-109(116)130-108-62-52-92(89-38-25-18-26-39-89)76-115(108)135(119-71-85(2)72-120(136)122(119)130)100-49-35-42-91(75-100)88-36-23-17-24-37-88/h17-65,70-82H,66-69,83H2,1-16H3. The lowest BCUT2D eigenvalue weighted by Crippen LogP contribution is -2.61. The van der Waals surface area contributed by atoms with Crippen LogP contribution in [0.4, 0.5) is 102 Å². The van der Waals surface area contributed by atoms with E-state index in [1.807, 2.05) is 0 Å². The Morgan fingerprint density at radius 2 is 0.657 bits per heavy atom. The number of hydrogen-bond donors (Lipinski definition) is 0. The highest BCUT2D eigenvalue weighted by Crippen LogP contribution is 2.58. The Morgan fingerprint density at radius 1 is 0.263 bits per heavy atom. The van der Waals surface area contributed by atoms with Gasteiger partial charge in [-0.2, -0.15) is 0 Å². The minimum atomic E-state index is -0.271. The summed E-state index contributed by atoms with van der Waals surface area (Å²) in [6, 6.07) is 145. The maximum atomic E-state index is 2.73. The molecule has 0 amide bonds. The summed E-state index contributed by atoms with van der Waals surface area (Å²) >= 11 is 0. The zero-order chi connectivity index (χ0) is 94.1. The molecule has 0 fully saturated rings. The molecule has 17 aromatic carbocycles. The van der Waals surface area contributed by atoms with Crippen molar-refractivity contribution in [2.24, 2.45) is 0 Å². The van der Waals surface area contributed by atoms with E-state index in [-0.39, 0.29) is 45.9 Å². The molecule has 8 heteroatoms. The number of rotatable bonds is 15. The second kappa shape index (κ2) is 32.7. The fourth-order valence-electron chi connectivity index (χ4n) is 23.9. The lowest BCUT2D eigenvalue weighted by molar-refractivity contribution is 0.310. The number of fused-ring (bicyclic) bond motifs is 10. The van der Waals surface area contributed by atoms with Gasteiger partial charge in [-0.05, 0) is 353 Å². The SMILES string of the molecule is Cc1cc2c3c(c1)N(c1cc4c(cc1C)C(C)(C)CCC4(C)Cc1ccc(N(c4ccccc4)c4ccc5c(c4)N(c4cc6c(cc4-c4ccccc4)C(C)(C)CCC6(C)C)c4cc(C)cc6c4B5c4cc(C(C)(C)C)ccc4N6c4ccc(C(C)(C)C)cc4)cc1)c1cc(N(c4ccccc4)c4ccccc4)ccc1B3c1ccc(-c3ccccc3)cc1N2c1cccc(-c2ccccc2)c1. The molecule has 1 atom stereocenters. The van der Waals surface area contributed by atoms with Gasteiger partial charge in [0, 0.05) is 102 Å². The Kier molecular flexibility index (Phi) is 20.7. The number of hydrogen-bond acceptors (Lipinski definition) is 6. The molecule has 2 aliphatic carbocycles. The Balaban J connectivity index is 0.684. The molecule has 0 radical (unpaired) electrons. The van der Waals surface area contributed by atoms with Gasteiger partial charge in [0.2, 0.25) is 0 Å². The second-order valence-corrected chi connectivity index (χ2v) is 44.2. The first kappa shape index (κ1) is 86.8. The summed E-state index contributed by atoms with van der Waals surface area (Å²) in [5.74, 6) is 0. The zero-order valence-electron chi connectivity index (χ0n) is 82.2. The van der Waals surface area contributed by atoms with Gasteiger partial charge in [0.1, 0.15) is 0 Å². The van der Waals surface area contributed by atoms with E-state index in [0.717, 1.165) is 77.6 Å². The first-order valence-electron chi connectivity index (χ1n) is 49.6. The number of anilines is 18. The molecule has 17 aromatic rings.